The highest BCUT2D eigenvalue weighted by Crippen LogP contribution is 2.31. The molecule has 2 aliphatic rings. The number of amides is 2. The number of imide groups is 1. The molecule has 1 saturated heterocycles. The Morgan fingerprint density at radius 1 is 0.828 bits per heavy atom. The molecule has 2 amide bonds. The maximum atomic E-state index is 12.8. The van der Waals surface area contributed by atoms with E-state index in [1.54, 1.807) is 0 Å². The lowest BCUT2D eigenvalue weighted by molar-refractivity contribution is -0.135. The summed E-state index contributed by atoms with van der Waals surface area (Å²) in [7, 11) is 1.53. The zero-order valence-corrected chi connectivity index (χ0v) is 17.3. The molecule has 2 aliphatic heterocycles. The maximum absolute atomic E-state index is 12.8. The van der Waals surface area contributed by atoms with Crippen molar-refractivity contribution in [3.05, 3.63) is 64.9 Å². The van der Waals surface area contributed by atoms with Crippen LogP contribution >= 0.6 is 0 Å². The van der Waals surface area contributed by atoms with Crippen LogP contribution in [0.2, 0.25) is 0 Å². The number of rotatable bonds is 4. The molecule has 1 N–H and O–H groups in total. The van der Waals surface area contributed by atoms with Crippen LogP contribution in [-0.4, -0.2) is 36.9 Å². The normalized spacial score (nSPS) is 17.3. The first-order chi connectivity index (χ1) is 14.0. The summed E-state index contributed by atoms with van der Waals surface area (Å²) in [5, 5.41) is 3.21. The fourth-order valence-corrected chi connectivity index (χ4v) is 3.97. The first-order valence-corrected chi connectivity index (χ1v) is 10.2. The van der Waals surface area contributed by atoms with Gasteiger partial charge in [0.2, 0.25) is 0 Å². The molecule has 1 fully saturated rings. The molecule has 0 aliphatic carbocycles. The van der Waals surface area contributed by atoms with Crippen LogP contribution in [0.15, 0.2) is 48.2 Å². The minimum atomic E-state index is -0.302. The van der Waals surface area contributed by atoms with Crippen molar-refractivity contribution < 1.29 is 9.59 Å². The average molecular weight is 389 g/mol. The molecule has 2 aromatic rings. The van der Waals surface area contributed by atoms with Crippen molar-refractivity contribution in [2.75, 3.05) is 30.4 Å². The van der Waals surface area contributed by atoms with Gasteiger partial charge in [-0.3, -0.25) is 14.5 Å². The largest absolute Gasteiger partial charge is 0.372 e. The molecular formula is C24H27N3O2. The average Bonchev–Trinajstić information content (AvgIpc) is 2.95. The van der Waals surface area contributed by atoms with Crippen molar-refractivity contribution in [1.29, 1.82) is 0 Å². The number of hydrogen-bond acceptors (Lipinski definition) is 4. The Labute approximate surface area is 172 Å². The lowest BCUT2D eigenvalue weighted by Gasteiger charge is -2.28. The summed E-state index contributed by atoms with van der Waals surface area (Å²) in [6.07, 6.45) is 3.76. The molecule has 2 heterocycles. The number of hydrogen-bond donors (Lipinski definition) is 1. The molecule has 0 bridgehead atoms. The van der Waals surface area contributed by atoms with Crippen molar-refractivity contribution in [2.45, 2.75) is 33.1 Å². The van der Waals surface area contributed by atoms with Gasteiger partial charge in [-0.1, -0.05) is 18.2 Å². The Morgan fingerprint density at radius 3 is 2.17 bits per heavy atom. The van der Waals surface area contributed by atoms with Crippen LogP contribution in [0.4, 0.5) is 11.4 Å². The summed E-state index contributed by atoms with van der Waals surface area (Å²) in [5.41, 5.74) is 5.79. The quantitative estimate of drug-likeness (QED) is 0.800. The van der Waals surface area contributed by atoms with Crippen LogP contribution in [0.5, 0.6) is 0 Å². The molecule has 0 unspecified atom stereocenters. The number of benzene rings is 2. The third kappa shape index (κ3) is 3.65. The monoisotopic (exact) mass is 389 g/mol. The van der Waals surface area contributed by atoms with E-state index in [-0.39, 0.29) is 11.8 Å². The molecule has 0 atom stereocenters. The minimum absolute atomic E-state index is 0.273. The van der Waals surface area contributed by atoms with Gasteiger partial charge in [0.25, 0.3) is 11.8 Å². The van der Waals surface area contributed by atoms with Crippen LogP contribution in [0.3, 0.4) is 0 Å². The Bertz CT molecular complexity index is 986. The summed E-state index contributed by atoms with van der Waals surface area (Å²) in [4.78, 5) is 29.1. The van der Waals surface area contributed by atoms with Gasteiger partial charge in [-0.25, -0.2) is 0 Å². The van der Waals surface area contributed by atoms with E-state index in [0.717, 1.165) is 35.5 Å². The van der Waals surface area contributed by atoms with E-state index in [4.69, 9.17) is 0 Å². The SMILES string of the molecule is Cc1ccc(C2=C(Nc3ccc(N4CCCCC4)cc3)C(=O)N(C)C2=O)cc1C. The molecule has 5 heteroatoms. The summed E-state index contributed by atoms with van der Waals surface area (Å²) in [5.74, 6) is -0.575. The van der Waals surface area contributed by atoms with E-state index in [0.29, 0.717) is 11.3 Å². The topological polar surface area (TPSA) is 52.7 Å². The molecule has 0 aromatic heterocycles. The zero-order valence-electron chi connectivity index (χ0n) is 17.3. The number of nitrogens with one attached hydrogen (secondary N) is 1. The maximum Gasteiger partial charge on any atom is 0.277 e. The zero-order chi connectivity index (χ0) is 20.5. The number of carbonyl (C=O) groups excluding carboxylic acids is 2. The van der Waals surface area contributed by atoms with Crippen molar-refractivity contribution in [3.63, 3.8) is 0 Å². The van der Waals surface area contributed by atoms with Gasteiger partial charge < -0.3 is 10.2 Å². The molecule has 0 spiro atoms. The van der Waals surface area contributed by atoms with Crippen molar-refractivity contribution in [3.8, 4) is 0 Å². The van der Waals surface area contributed by atoms with Crippen LogP contribution in [0.1, 0.15) is 36.0 Å². The number of anilines is 2. The summed E-state index contributed by atoms with van der Waals surface area (Å²) in [6, 6.07) is 14.0. The van der Waals surface area contributed by atoms with Crippen LogP contribution in [-0.2, 0) is 9.59 Å². The van der Waals surface area contributed by atoms with Gasteiger partial charge in [-0.15, -0.1) is 0 Å². The Kier molecular flexibility index (Phi) is 5.14. The Morgan fingerprint density at radius 2 is 1.52 bits per heavy atom. The second-order valence-corrected chi connectivity index (χ2v) is 7.94. The molecule has 29 heavy (non-hydrogen) atoms. The lowest BCUT2D eigenvalue weighted by Crippen LogP contribution is -2.29. The van der Waals surface area contributed by atoms with E-state index in [9.17, 15) is 9.59 Å². The highest BCUT2D eigenvalue weighted by molar-refractivity contribution is 6.36. The molecule has 2 aromatic carbocycles. The van der Waals surface area contributed by atoms with E-state index in [1.165, 1.54) is 36.9 Å². The van der Waals surface area contributed by atoms with E-state index < -0.39 is 0 Å². The molecule has 5 nitrogen and oxygen atoms in total. The Hall–Kier alpha value is -3.08. The van der Waals surface area contributed by atoms with Crippen LogP contribution in [0.25, 0.3) is 5.57 Å². The third-order valence-electron chi connectivity index (χ3n) is 5.94. The number of carbonyl (C=O) groups is 2. The smallest absolute Gasteiger partial charge is 0.277 e. The third-order valence-corrected chi connectivity index (χ3v) is 5.94. The predicted molar refractivity (Wildman–Crippen MR) is 117 cm³/mol. The first-order valence-electron chi connectivity index (χ1n) is 10.2. The highest BCUT2D eigenvalue weighted by Gasteiger charge is 2.36. The number of piperidine rings is 1. The van der Waals surface area contributed by atoms with Crippen molar-refractivity contribution >= 4 is 28.8 Å². The second-order valence-electron chi connectivity index (χ2n) is 7.94. The lowest BCUT2D eigenvalue weighted by atomic mass is 9.99. The second kappa shape index (κ2) is 7.74. The predicted octanol–water partition coefficient (Wildman–Crippen LogP) is 4.12. The van der Waals surface area contributed by atoms with Gasteiger partial charge in [0.15, 0.2) is 0 Å². The van der Waals surface area contributed by atoms with E-state index in [2.05, 4.69) is 22.3 Å². The first kappa shape index (κ1) is 19.2. The molecular weight excluding hydrogens is 362 g/mol. The highest BCUT2D eigenvalue weighted by atomic mass is 16.2. The number of aryl methyl sites for hydroxylation is 2. The van der Waals surface area contributed by atoms with Gasteiger partial charge in [0.1, 0.15) is 5.70 Å². The minimum Gasteiger partial charge on any atom is -0.372 e. The van der Waals surface area contributed by atoms with Gasteiger partial charge in [0, 0.05) is 31.5 Å². The summed E-state index contributed by atoms with van der Waals surface area (Å²) in [6.45, 7) is 6.22. The number of likely N-dealkylation sites (N-methyl/N-ethyl adjacent to an activating group) is 1. The molecule has 150 valence electrons. The summed E-state index contributed by atoms with van der Waals surface area (Å²) >= 11 is 0. The molecule has 0 radical (unpaired) electrons. The van der Waals surface area contributed by atoms with Crippen LogP contribution < -0.4 is 10.2 Å². The standard InChI is InChI=1S/C24H27N3O2/c1-16-7-8-18(15-17(16)2)21-22(24(29)26(3)23(21)28)25-19-9-11-20(12-10-19)27-13-5-4-6-14-27/h7-12,15,25H,4-6,13-14H2,1-3H3. The van der Waals surface area contributed by atoms with Gasteiger partial charge in [-0.2, -0.15) is 0 Å². The van der Waals surface area contributed by atoms with Gasteiger partial charge >= 0.3 is 0 Å². The summed E-state index contributed by atoms with van der Waals surface area (Å²) < 4.78 is 0. The fourth-order valence-electron chi connectivity index (χ4n) is 3.97. The fraction of sp³-hybridized carbons (Fsp3) is 0.333. The van der Waals surface area contributed by atoms with E-state index in [1.807, 2.05) is 44.2 Å². The van der Waals surface area contributed by atoms with Crippen molar-refractivity contribution in [1.82, 2.24) is 4.90 Å². The molecule has 4 rings (SSSR count). The van der Waals surface area contributed by atoms with E-state index >= 15 is 0 Å². The molecule has 0 saturated carbocycles. The Balaban J connectivity index is 1.65. The van der Waals surface area contributed by atoms with Gasteiger partial charge in [0.05, 0.1) is 5.57 Å². The number of nitrogens with zero attached hydrogens (tertiary/aromatic N) is 2. The van der Waals surface area contributed by atoms with Crippen molar-refractivity contribution in [2.24, 2.45) is 0 Å². The van der Waals surface area contributed by atoms with Crippen LogP contribution in [0, 0.1) is 13.8 Å². The van der Waals surface area contributed by atoms with Gasteiger partial charge in [-0.05, 0) is 74.1 Å².